The zero-order chi connectivity index (χ0) is 16.4. The van der Waals surface area contributed by atoms with Crippen molar-refractivity contribution in [2.45, 2.75) is 51.4 Å². The molecule has 0 bridgehead atoms. The highest BCUT2D eigenvalue weighted by Gasteiger charge is 2.37. The Morgan fingerprint density at radius 2 is 1.96 bits per heavy atom. The SMILES string of the molecule is CC1(CCC(=O)N2CCC[C@@H](c3ccc(C(=O)O)cc3)C2)CC1. The summed E-state index contributed by atoms with van der Waals surface area (Å²) >= 11 is 0. The van der Waals surface area contributed by atoms with E-state index in [0.29, 0.717) is 23.3 Å². The largest absolute Gasteiger partial charge is 0.478 e. The van der Waals surface area contributed by atoms with E-state index in [-0.39, 0.29) is 5.91 Å². The highest BCUT2D eigenvalue weighted by atomic mass is 16.4. The van der Waals surface area contributed by atoms with Gasteiger partial charge in [-0.3, -0.25) is 4.79 Å². The normalized spacial score (nSPS) is 22.7. The van der Waals surface area contributed by atoms with Crippen LogP contribution in [0.4, 0.5) is 0 Å². The molecule has 1 N–H and O–H groups in total. The number of carboxylic acid groups (broad SMARTS) is 1. The summed E-state index contributed by atoms with van der Waals surface area (Å²) < 4.78 is 0. The predicted molar refractivity (Wildman–Crippen MR) is 88.5 cm³/mol. The molecule has 1 aliphatic carbocycles. The second-order valence-corrected chi connectivity index (χ2v) is 7.42. The average molecular weight is 315 g/mol. The van der Waals surface area contributed by atoms with Crippen molar-refractivity contribution in [2.24, 2.45) is 5.41 Å². The van der Waals surface area contributed by atoms with Gasteiger partial charge in [-0.1, -0.05) is 19.1 Å². The molecule has 0 radical (unpaired) electrons. The number of carbonyl (C=O) groups excluding carboxylic acids is 1. The van der Waals surface area contributed by atoms with Gasteiger partial charge in [-0.2, -0.15) is 0 Å². The Morgan fingerprint density at radius 1 is 1.26 bits per heavy atom. The number of carboxylic acids is 1. The minimum atomic E-state index is -0.898. The number of benzene rings is 1. The third kappa shape index (κ3) is 3.92. The molecule has 0 aromatic heterocycles. The van der Waals surface area contributed by atoms with Crippen LogP contribution >= 0.6 is 0 Å². The Balaban J connectivity index is 1.58. The molecule has 1 atom stereocenters. The topological polar surface area (TPSA) is 57.6 Å². The van der Waals surface area contributed by atoms with E-state index in [1.807, 2.05) is 17.0 Å². The second kappa shape index (κ2) is 6.34. The van der Waals surface area contributed by atoms with Crippen LogP contribution in [0.1, 0.15) is 67.3 Å². The lowest BCUT2D eigenvalue weighted by Gasteiger charge is -2.33. The van der Waals surface area contributed by atoms with E-state index in [9.17, 15) is 9.59 Å². The molecular weight excluding hydrogens is 290 g/mol. The number of rotatable bonds is 5. The molecule has 1 aromatic rings. The number of carbonyl (C=O) groups is 2. The molecule has 2 aliphatic rings. The van der Waals surface area contributed by atoms with Gasteiger partial charge < -0.3 is 10.0 Å². The average Bonchev–Trinajstić information content (AvgIpc) is 3.31. The molecule has 1 saturated carbocycles. The Kier molecular flexibility index (Phi) is 4.42. The first-order chi connectivity index (χ1) is 11.0. The highest BCUT2D eigenvalue weighted by molar-refractivity contribution is 5.87. The number of hydrogen-bond donors (Lipinski definition) is 1. The molecule has 1 amide bonds. The predicted octanol–water partition coefficient (Wildman–Crippen LogP) is 3.67. The van der Waals surface area contributed by atoms with E-state index in [4.69, 9.17) is 5.11 Å². The Bertz CT molecular complexity index is 589. The van der Waals surface area contributed by atoms with Gasteiger partial charge >= 0.3 is 5.97 Å². The van der Waals surface area contributed by atoms with Crippen LogP contribution in [0.15, 0.2) is 24.3 Å². The van der Waals surface area contributed by atoms with Gasteiger partial charge in [0.1, 0.15) is 0 Å². The van der Waals surface area contributed by atoms with Gasteiger partial charge in [0.2, 0.25) is 5.91 Å². The molecular formula is C19H25NO3. The minimum Gasteiger partial charge on any atom is -0.478 e. The summed E-state index contributed by atoms with van der Waals surface area (Å²) in [7, 11) is 0. The van der Waals surface area contributed by atoms with Crippen molar-refractivity contribution < 1.29 is 14.7 Å². The number of nitrogens with zero attached hydrogens (tertiary/aromatic N) is 1. The van der Waals surface area contributed by atoms with Gasteiger partial charge in [-0.15, -0.1) is 0 Å². The fourth-order valence-electron chi connectivity index (χ4n) is 3.40. The van der Waals surface area contributed by atoms with Crippen LogP contribution in [-0.4, -0.2) is 35.0 Å². The van der Waals surface area contributed by atoms with Crippen molar-refractivity contribution in [3.63, 3.8) is 0 Å². The summed E-state index contributed by atoms with van der Waals surface area (Å²) in [6.45, 7) is 3.89. The van der Waals surface area contributed by atoms with Crippen molar-refractivity contribution in [1.29, 1.82) is 0 Å². The fourth-order valence-corrected chi connectivity index (χ4v) is 3.40. The molecule has 1 saturated heterocycles. The monoisotopic (exact) mass is 315 g/mol. The zero-order valence-electron chi connectivity index (χ0n) is 13.8. The molecule has 4 nitrogen and oxygen atoms in total. The van der Waals surface area contributed by atoms with E-state index in [1.54, 1.807) is 12.1 Å². The van der Waals surface area contributed by atoms with Gasteiger partial charge in [0, 0.05) is 25.4 Å². The summed E-state index contributed by atoms with van der Waals surface area (Å²) in [5.41, 5.74) is 1.88. The van der Waals surface area contributed by atoms with Crippen molar-refractivity contribution >= 4 is 11.9 Å². The maximum absolute atomic E-state index is 12.4. The number of aromatic carboxylic acids is 1. The van der Waals surface area contributed by atoms with E-state index >= 15 is 0 Å². The number of likely N-dealkylation sites (tertiary alicyclic amines) is 1. The first-order valence-electron chi connectivity index (χ1n) is 8.58. The lowest BCUT2D eigenvalue weighted by molar-refractivity contribution is -0.132. The minimum absolute atomic E-state index is 0.282. The van der Waals surface area contributed by atoms with Crippen LogP contribution in [0.3, 0.4) is 0 Å². The van der Waals surface area contributed by atoms with E-state index in [2.05, 4.69) is 6.92 Å². The van der Waals surface area contributed by atoms with Gasteiger partial charge in [-0.05, 0) is 55.2 Å². The van der Waals surface area contributed by atoms with Crippen molar-refractivity contribution in [2.75, 3.05) is 13.1 Å². The Labute approximate surface area is 137 Å². The highest BCUT2D eigenvalue weighted by Crippen LogP contribution is 2.49. The molecule has 4 heteroatoms. The van der Waals surface area contributed by atoms with Crippen LogP contribution < -0.4 is 0 Å². The Hall–Kier alpha value is -1.84. The van der Waals surface area contributed by atoms with Gasteiger partial charge in [0.25, 0.3) is 0 Å². The molecule has 23 heavy (non-hydrogen) atoms. The van der Waals surface area contributed by atoms with Crippen molar-refractivity contribution in [3.05, 3.63) is 35.4 Å². The summed E-state index contributed by atoms with van der Waals surface area (Å²) in [6.07, 6.45) is 6.29. The number of amides is 1. The lowest BCUT2D eigenvalue weighted by atomic mass is 9.89. The van der Waals surface area contributed by atoms with Crippen molar-refractivity contribution in [3.8, 4) is 0 Å². The first kappa shape index (κ1) is 16.0. The fraction of sp³-hybridized carbons (Fsp3) is 0.579. The molecule has 2 fully saturated rings. The Morgan fingerprint density at radius 3 is 2.57 bits per heavy atom. The molecule has 0 unspecified atom stereocenters. The molecule has 1 heterocycles. The molecule has 124 valence electrons. The number of hydrogen-bond acceptors (Lipinski definition) is 2. The molecule has 1 aromatic carbocycles. The molecule has 1 aliphatic heterocycles. The summed E-state index contributed by atoms with van der Waals surface area (Å²) in [4.78, 5) is 25.4. The van der Waals surface area contributed by atoms with E-state index in [1.165, 1.54) is 12.8 Å². The van der Waals surface area contributed by atoms with Crippen LogP contribution in [0, 0.1) is 5.41 Å². The van der Waals surface area contributed by atoms with Gasteiger partial charge in [0.15, 0.2) is 0 Å². The third-order valence-corrected chi connectivity index (χ3v) is 5.45. The summed E-state index contributed by atoms with van der Waals surface area (Å²) in [6, 6.07) is 7.11. The van der Waals surface area contributed by atoms with Crippen LogP contribution in [-0.2, 0) is 4.79 Å². The van der Waals surface area contributed by atoms with Crippen LogP contribution in [0.5, 0.6) is 0 Å². The first-order valence-corrected chi connectivity index (χ1v) is 8.58. The zero-order valence-corrected chi connectivity index (χ0v) is 13.8. The maximum atomic E-state index is 12.4. The van der Waals surface area contributed by atoms with Gasteiger partial charge in [-0.25, -0.2) is 4.79 Å². The van der Waals surface area contributed by atoms with Gasteiger partial charge in [0.05, 0.1) is 5.56 Å². The summed E-state index contributed by atoms with van der Waals surface area (Å²) in [5, 5.41) is 8.98. The van der Waals surface area contributed by atoms with Crippen molar-refractivity contribution in [1.82, 2.24) is 4.90 Å². The maximum Gasteiger partial charge on any atom is 0.335 e. The second-order valence-electron chi connectivity index (χ2n) is 7.42. The number of piperidine rings is 1. The quantitative estimate of drug-likeness (QED) is 0.902. The van der Waals surface area contributed by atoms with E-state index in [0.717, 1.165) is 37.9 Å². The molecule has 3 rings (SSSR count). The standard InChI is InChI=1S/C19H25NO3/c1-19(10-11-19)9-8-17(21)20-12-2-3-16(13-20)14-4-6-15(7-5-14)18(22)23/h4-7,16H,2-3,8-13H2,1H3,(H,22,23)/t16-/m1/s1. The van der Waals surface area contributed by atoms with Crippen LogP contribution in [0.25, 0.3) is 0 Å². The lowest BCUT2D eigenvalue weighted by Crippen LogP contribution is -2.39. The van der Waals surface area contributed by atoms with Crippen LogP contribution in [0.2, 0.25) is 0 Å². The summed E-state index contributed by atoms with van der Waals surface area (Å²) in [5.74, 6) is -0.289. The molecule has 0 spiro atoms. The van der Waals surface area contributed by atoms with E-state index < -0.39 is 5.97 Å². The third-order valence-electron chi connectivity index (χ3n) is 5.45. The smallest absolute Gasteiger partial charge is 0.335 e.